The van der Waals surface area contributed by atoms with Crippen LogP contribution in [0, 0.1) is 0 Å². The van der Waals surface area contributed by atoms with Crippen LogP contribution in [-0.4, -0.2) is 13.9 Å². The van der Waals surface area contributed by atoms with Crippen LogP contribution in [-0.2, 0) is 16.5 Å². The van der Waals surface area contributed by atoms with E-state index in [0.717, 1.165) is 18.4 Å². The lowest BCUT2D eigenvalue weighted by atomic mass is 10.1. The number of rotatable bonds is 5. The van der Waals surface area contributed by atoms with Crippen molar-refractivity contribution < 1.29 is 25.8 Å². The van der Waals surface area contributed by atoms with Crippen LogP contribution in [0.15, 0.2) is 24.3 Å². The second-order valence-electron chi connectivity index (χ2n) is 3.73. The predicted octanol–water partition coefficient (Wildman–Crippen LogP) is 3.26. The van der Waals surface area contributed by atoms with Gasteiger partial charge in [0.25, 0.3) is 0 Å². The third-order valence-corrected chi connectivity index (χ3v) is 3.19. The van der Waals surface area contributed by atoms with Gasteiger partial charge in [-0.1, -0.05) is 25.5 Å². The number of hydrogen-bond acceptors (Lipinski definition) is 3. The molecule has 0 unspecified atom stereocenters. The molecule has 0 saturated heterocycles. The average Bonchev–Trinajstić information content (AvgIpc) is 2.24. The standard InChI is InChI=1S/C11H13F3O3S/c1-2-3-5-9-6-4-7-10(8-9)17-18(15,16)11(12,13)14/h4,6-8H,2-3,5H2,1H3. The van der Waals surface area contributed by atoms with Crippen molar-refractivity contribution in [1.82, 2.24) is 0 Å². The summed E-state index contributed by atoms with van der Waals surface area (Å²) in [6, 6.07) is 5.66. The average molecular weight is 282 g/mol. The van der Waals surface area contributed by atoms with Gasteiger partial charge in [-0.05, 0) is 30.5 Å². The maximum Gasteiger partial charge on any atom is 0.534 e. The molecule has 0 radical (unpaired) electrons. The zero-order valence-electron chi connectivity index (χ0n) is 9.70. The van der Waals surface area contributed by atoms with Gasteiger partial charge in [0, 0.05) is 0 Å². The lowest BCUT2D eigenvalue weighted by molar-refractivity contribution is -0.0500. The van der Waals surface area contributed by atoms with Gasteiger partial charge in [-0.2, -0.15) is 21.6 Å². The van der Waals surface area contributed by atoms with Gasteiger partial charge in [0.15, 0.2) is 0 Å². The topological polar surface area (TPSA) is 43.4 Å². The largest absolute Gasteiger partial charge is 0.534 e. The normalized spacial score (nSPS) is 12.4. The molecule has 0 atom stereocenters. The minimum Gasteiger partial charge on any atom is -0.376 e. The molecule has 1 aromatic rings. The van der Waals surface area contributed by atoms with Crippen LogP contribution in [0.3, 0.4) is 0 Å². The molecule has 1 aromatic carbocycles. The minimum absolute atomic E-state index is 0.319. The van der Waals surface area contributed by atoms with E-state index < -0.39 is 15.6 Å². The third-order valence-electron chi connectivity index (χ3n) is 2.21. The summed E-state index contributed by atoms with van der Waals surface area (Å²) in [7, 11) is -5.59. The summed E-state index contributed by atoms with van der Waals surface area (Å²) in [4.78, 5) is 0. The molecule has 1 rings (SSSR count). The second kappa shape index (κ2) is 5.60. The first kappa shape index (κ1) is 14.8. The lowest BCUT2D eigenvalue weighted by Gasteiger charge is -2.10. The SMILES string of the molecule is CCCCc1cccc(OS(=O)(=O)C(F)(F)F)c1. The van der Waals surface area contributed by atoms with Gasteiger partial charge < -0.3 is 4.18 Å². The number of benzene rings is 1. The molecule has 0 aliphatic carbocycles. The molecule has 102 valence electrons. The molecule has 18 heavy (non-hydrogen) atoms. The third kappa shape index (κ3) is 3.90. The Morgan fingerprint density at radius 1 is 1.28 bits per heavy atom. The Labute approximate surface area is 104 Å². The summed E-state index contributed by atoms with van der Waals surface area (Å²) in [5.41, 5.74) is -4.67. The van der Waals surface area contributed by atoms with Crippen LogP contribution >= 0.6 is 0 Å². The molecule has 0 aromatic heterocycles. The Kier molecular flexibility index (Phi) is 4.61. The van der Waals surface area contributed by atoms with Crippen molar-refractivity contribution in [3.8, 4) is 5.75 Å². The van der Waals surface area contributed by atoms with Crippen LogP contribution in [0.5, 0.6) is 5.75 Å². The first-order valence-electron chi connectivity index (χ1n) is 5.36. The molecule has 0 heterocycles. The van der Waals surface area contributed by atoms with Gasteiger partial charge in [0.1, 0.15) is 5.75 Å². The van der Waals surface area contributed by atoms with E-state index in [1.54, 1.807) is 6.07 Å². The molecule has 0 spiro atoms. The van der Waals surface area contributed by atoms with Crippen molar-refractivity contribution in [1.29, 1.82) is 0 Å². The van der Waals surface area contributed by atoms with Crippen molar-refractivity contribution in [3.63, 3.8) is 0 Å². The molecule has 0 saturated carbocycles. The van der Waals surface area contributed by atoms with Crippen LogP contribution < -0.4 is 4.18 Å². The van der Waals surface area contributed by atoms with Crippen LogP contribution in [0.2, 0.25) is 0 Å². The Hall–Kier alpha value is -1.24. The van der Waals surface area contributed by atoms with Crippen LogP contribution in [0.1, 0.15) is 25.3 Å². The summed E-state index contributed by atoms with van der Waals surface area (Å²) in [6.45, 7) is 1.98. The fourth-order valence-corrected chi connectivity index (χ4v) is 1.76. The van der Waals surface area contributed by atoms with Gasteiger partial charge in [-0.3, -0.25) is 0 Å². The minimum atomic E-state index is -5.59. The van der Waals surface area contributed by atoms with Crippen molar-refractivity contribution in [2.75, 3.05) is 0 Å². The Morgan fingerprint density at radius 2 is 1.94 bits per heavy atom. The maximum absolute atomic E-state index is 12.1. The first-order chi connectivity index (χ1) is 8.26. The lowest BCUT2D eigenvalue weighted by Crippen LogP contribution is -2.28. The van der Waals surface area contributed by atoms with Gasteiger partial charge in [0.2, 0.25) is 0 Å². The zero-order chi connectivity index (χ0) is 13.8. The summed E-state index contributed by atoms with van der Waals surface area (Å²) < 4.78 is 62.0. The monoisotopic (exact) mass is 282 g/mol. The second-order valence-corrected chi connectivity index (χ2v) is 5.27. The number of halogens is 3. The molecule has 0 fully saturated rings. The van der Waals surface area contributed by atoms with Gasteiger partial charge in [-0.15, -0.1) is 0 Å². The highest BCUT2D eigenvalue weighted by molar-refractivity contribution is 7.87. The number of aryl methyl sites for hydroxylation is 1. The molecule has 3 nitrogen and oxygen atoms in total. The van der Waals surface area contributed by atoms with Crippen LogP contribution in [0.25, 0.3) is 0 Å². The molecule has 0 bridgehead atoms. The molecule has 7 heteroatoms. The number of alkyl halides is 3. The van der Waals surface area contributed by atoms with E-state index in [0.29, 0.717) is 6.42 Å². The highest BCUT2D eigenvalue weighted by Gasteiger charge is 2.48. The van der Waals surface area contributed by atoms with Crippen molar-refractivity contribution in [2.24, 2.45) is 0 Å². The van der Waals surface area contributed by atoms with Crippen molar-refractivity contribution >= 4 is 10.1 Å². The summed E-state index contributed by atoms with van der Waals surface area (Å²) >= 11 is 0. The zero-order valence-corrected chi connectivity index (χ0v) is 10.5. The van der Waals surface area contributed by atoms with E-state index in [9.17, 15) is 21.6 Å². The van der Waals surface area contributed by atoms with E-state index in [1.165, 1.54) is 18.2 Å². The smallest absolute Gasteiger partial charge is 0.376 e. The van der Waals surface area contributed by atoms with Gasteiger partial charge in [0.05, 0.1) is 0 Å². The van der Waals surface area contributed by atoms with E-state index in [1.807, 2.05) is 6.92 Å². The first-order valence-corrected chi connectivity index (χ1v) is 6.77. The highest BCUT2D eigenvalue weighted by Crippen LogP contribution is 2.27. The Bertz CT molecular complexity index is 495. The molecule has 0 aliphatic rings. The summed E-state index contributed by atoms with van der Waals surface area (Å²) in [6.07, 6.45) is 2.47. The molecule has 0 N–H and O–H groups in total. The van der Waals surface area contributed by atoms with E-state index in [-0.39, 0.29) is 5.75 Å². The molecular formula is C11H13F3O3S. The summed E-state index contributed by atoms with van der Waals surface area (Å²) in [5.74, 6) is -0.319. The maximum atomic E-state index is 12.1. The highest BCUT2D eigenvalue weighted by atomic mass is 32.2. The molecule has 0 aliphatic heterocycles. The number of hydrogen-bond donors (Lipinski definition) is 0. The molecule has 0 amide bonds. The van der Waals surface area contributed by atoms with Crippen molar-refractivity contribution in [2.45, 2.75) is 31.7 Å². The van der Waals surface area contributed by atoms with Crippen molar-refractivity contribution in [3.05, 3.63) is 29.8 Å². The predicted molar refractivity (Wildman–Crippen MR) is 60.7 cm³/mol. The fraction of sp³-hybridized carbons (Fsp3) is 0.455. The quantitative estimate of drug-likeness (QED) is 0.615. The van der Waals surface area contributed by atoms with Crippen LogP contribution in [0.4, 0.5) is 13.2 Å². The van der Waals surface area contributed by atoms with E-state index >= 15 is 0 Å². The Morgan fingerprint density at radius 3 is 2.50 bits per heavy atom. The number of unbranched alkanes of at least 4 members (excludes halogenated alkanes) is 1. The fourth-order valence-electron chi connectivity index (χ4n) is 1.31. The van der Waals surface area contributed by atoms with Gasteiger partial charge >= 0.3 is 15.6 Å². The Balaban J connectivity index is 2.86. The molecular weight excluding hydrogens is 269 g/mol. The van der Waals surface area contributed by atoms with E-state index in [2.05, 4.69) is 4.18 Å². The summed E-state index contributed by atoms with van der Waals surface area (Å²) in [5, 5.41) is 0. The van der Waals surface area contributed by atoms with Gasteiger partial charge in [-0.25, -0.2) is 0 Å². The van der Waals surface area contributed by atoms with E-state index in [4.69, 9.17) is 0 Å².